The summed E-state index contributed by atoms with van der Waals surface area (Å²) in [5.74, 6) is 0.489. The average molecular weight is 425 g/mol. The summed E-state index contributed by atoms with van der Waals surface area (Å²) in [6.45, 7) is 3.78. The first-order valence-corrected chi connectivity index (χ1v) is 8.53. The fourth-order valence-corrected chi connectivity index (χ4v) is 3.27. The van der Waals surface area contributed by atoms with E-state index in [4.69, 9.17) is 51.1 Å². The van der Waals surface area contributed by atoms with Gasteiger partial charge in [-0.25, -0.2) is 0 Å². The number of rotatable bonds is 5. The van der Waals surface area contributed by atoms with Gasteiger partial charge in [0.25, 0.3) is 0 Å². The lowest BCUT2D eigenvalue weighted by Crippen LogP contribution is -2.33. The molecule has 1 aromatic carbocycles. The molecule has 0 aliphatic carbocycles. The zero-order valence-electron chi connectivity index (χ0n) is 11.0. The van der Waals surface area contributed by atoms with E-state index < -0.39 is 9.39 Å². The maximum absolute atomic E-state index is 10.7. The molecule has 0 fully saturated rings. The van der Waals surface area contributed by atoms with Gasteiger partial charge in [-0.1, -0.05) is 74.5 Å². The van der Waals surface area contributed by atoms with Gasteiger partial charge in [0.15, 0.2) is 3.79 Å². The summed E-state index contributed by atoms with van der Waals surface area (Å²) < 4.78 is 4.00. The molecule has 0 radical (unpaired) electrons. The molecule has 0 aromatic heterocycles. The molecular weight excluding hydrogens is 410 g/mol. The molecule has 1 unspecified atom stereocenters. The smallest absolute Gasteiger partial charge is 0.193 e. The number of hydrogen-bond donors (Lipinski definition) is 1. The molecule has 0 aliphatic heterocycles. The highest BCUT2D eigenvalue weighted by molar-refractivity contribution is 9.09. The van der Waals surface area contributed by atoms with Crippen molar-refractivity contribution < 1.29 is 9.84 Å². The van der Waals surface area contributed by atoms with E-state index in [9.17, 15) is 5.11 Å². The van der Waals surface area contributed by atoms with E-state index in [0.717, 1.165) is 0 Å². The lowest BCUT2D eigenvalue weighted by Gasteiger charge is -2.31. The van der Waals surface area contributed by atoms with Gasteiger partial charge < -0.3 is 9.84 Å². The van der Waals surface area contributed by atoms with Crippen LogP contribution < -0.4 is 4.74 Å². The average Bonchev–Trinajstić information content (AvgIpc) is 2.29. The van der Waals surface area contributed by atoms with Crippen molar-refractivity contribution in [3.63, 3.8) is 0 Å². The van der Waals surface area contributed by atoms with Crippen LogP contribution in [0.2, 0.25) is 5.02 Å². The lowest BCUT2D eigenvalue weighted by atomic mass is 9.93. The van der Waals surface area contributed by atoms with Crippen molar-refractivity contribution in [2.45, 2.75) is 35.8 Å². The van der Waals surface area contributed by atoms with Gasteiger partial charge in [-0.3, -0.25) is 0 Å². The molecule has 7 heteroatoms. The third-order valence-electron chi connectivity index (χ3n) is 2.54. The second-order valence-corrected chi connectivity index (χ2v) is 8.20. The fourth-order valence-electron chi connectivity index (χ4n) is 1.76. The molecule has 0 spiro atoms. The molecule has 0 saturated heterocycles. The normalized spacial score (nSPS) is 15.2. The SMILES string of the molecule is CC(C)Oc1cccc(C(O)(CBr)CC(Cl)(Cl)Cl)c1Cl. The van der Waals surface area contributed by atoms with E-state index in [-0.39, 0.29) is 17.9 Å². The Hall–Kier alpha value is 0.620. The Morgan fingerprint density at radius 2 is 1.90 bits per heavy atom. The van der Waals surface area contributed by atoms with Crippen LogP contribution in [0.3, 0.4) is 0 Å². The molecule has 114 valence electrons. The van der Waals surface area contributed by atoms with E-state index in [1.807, 2.05) is 13.8 Å². The topological polar surface area (TPSA) is 29.5 Å². The van der Waals surface area contributed by atoms with E-state index >= 15 is 0 Å². The Morgan fingerprint density at radius 3 is 2.35 bits per heavy atom. The molecule has 0 amide bonds. The van der Waals surface area contributed by atoms with Crippen LogP contribution in [-0.4, -0.2) is 20.3 Å². The van der Waals surface area contributed by atoms with Crippen LogP contribution in [0.15, 0.2) is 18.2 Å². The van der Waals surface area contributed by atoms with Gasteiger partial charge in [0.1, 0.15) is 11.4 Å². The van der Waals surface area contributed by atoms with Gasteiger partial charge in [0.2, 0.25) is 0 Å². The third-order valence-corrected chi connectivity index (χ3v) is 4.26. The third kappa shape index (κ3) is 5.11. The number of benzene rings is 1. The Kier molecular flexibility index (Phi) is 6.77. The highest BCUT2D eigenvalue weighted by Crippen LogP contribution is 2.44. The van der Waals surface area contributed by atoms with Crippen molar-refractivity contribution >= 4 is 62.3 Å². The second kappa shape index (κ2) is 7.26. The molecule has 0 heterocycles. The monoisotopic (exact) mass is 422 g/mol. The van der Waals surface area contributed by atoms with Crippen molar-refractivity contribution in [1.82, 2.24) is 0 Å². The van der Waals surface area contributed by atoms with Gasteiger partial charge in [0, 0.05) is 17.3 Å². The van der Waals surface area contributed by atoms with Crippen LogP contribution in [0.1, 0.15) is 25.8 Å². The molecule has 1 N–H and O–H groups in total. The summed E-state index contributed by atoms with van der Waals surface area (Å²) >= 11 is 27.0. The fraction of sp³-hybridized carbons (Fsp3) is 0.538. The lowest BCUT2D eigenvalue weighted by molar-refractivity contribution is 0.0553. The minimum atomic E-state index is -1.60. The predicted octanol–water partition coefficient (Wildman–Crippen LogP) is 5.47. The van der Waals surface area contributed by atoms with Crippen LogP contribution in [0, 0.1) is 0 Å². The van der Waals surface area contributed by atoms with Crippen molar-refractivity contribution in [3.05, 3.63) is 28.8 Å². The molecule has 20 heavy (non-hydrogen) atoms. The van der Waals surface area contributed by atoms with Gasteiger partial charge in [-0.15, -0.1) is 0 Å². The zero-order valence-corrected chi connectivity index (χ0v) is 15.6. The maximum Gasteiger partial charge on any atom is 0.193 e. The van der Waals surface area contributed by atoms with E-state index in [0.29, 0.717) is 16.3 Å². The summed E-state index contributed by atoms with van der Waals surface area (Å²) in [5, 5.41) is 11.2. The molecular formula is C13H15BrCl4O2. The summed E-state index contributed by atoms with van der Waals surface area (Å²) in [4.78, 5) is 0. The number of ether oxygens (including phenoxy) is 1. The summed E-state index contributed by atoms with van der Waals surface area (Å²) in [6.07, 6.45) is -0.131. The first-order valence-electron chi connectivity index (χ1n) is 5.90. The number of hydrogen-bond acceptors (Lipinski definition) is 2. The molecule has 2 nitrogen and oxygen atoms in total. The summed E-state index contributed by atoms with van der Waals surface area (Å²) in [6, 6.07) is 5.16. The van der Waals surface area contributed by atoms with Crippen molar-refractivity contribution in [3.8, 4) is 5.75 Å². The number of aliphatic hydroxyl groups is 1. The second-order valence-electron chi connectivity index (χ2n) is 4.74. The zero-order chi connectivity index (χ0) is 15.6. The van der Waals surface area contributed by atoms with Crippen LogP contribution in [0.25, 0.3) is 0 Å². The van der Waals surface area contributed by atoms with E-state index in [2.05, 4.69) is 15.9 Å². The van der Waals surface area contributed by atoms with Crippen molar-refractivity contribution in [1.29, 1.82) is 0 Å². The first-order chi connectivity index (χ1) is 9.09. The summed E-state index contributed by atoms with van der Waals surface area (Å²) in [5.41, 5.74) is -0.945. The predicted molar refractivity (Wildman–Crippen MR) is 89.8 cm³/mol. The van der Waals surface area contributed by atoms with E-state index in [1.165, 1.54) is 0 Å². The minimum Gasteiger partial charge on any atom is -0.489 e. The highest BCUT2D eigenvalue weighted by Gasteiger charge is 2.39. The maximum atomic E-state index is 10.7. The highest BCUT2D eigenvalue weighted by atomic mass is 79.9. The van der Waals surface area contributed by atoms with Gasteiger partial charge in [0.05, 0.1) is 11.1 Å². The van der Waals surface area contributed by atoms with Crippen molar-refractivity contribution in [2.75, 3.05) is 5.33 Å². The van der Waals surface area contributed by atoms with Gasteiger partial charge in [-0.05, 0) is 19.9 Å². The molecule has 1 rings (SSSR count). The summed E-state index contributed by atoms with van der Waals surface area (Å²) in [7, 11) is 0. The van der Waals surface area contributed by atoms with Crippen LogP contribution >= 0.6 is 62.3 Å². The molecule has 0 aliphatic rings. The standard InChI is InChI=1S/C13H15BrCl4O2/c1-8(2)20-10-5-3-4-9(11(10)15)12(19,7-14)6-13(16,17)18/h3-5,8,19H,6-7H2,1-2H3. The van der Waals surface area contributed by atoms with Gasteiger partial charge >= 0.3 is 0 Å². The Bertz CT molecular complexity index is 462. The Balaban J connectivity index is 3.22. The quantitative estimate of drug-likeness (QED) is 0.635. The molecule has 0 bridgehead atoms. The van der Waals surface area contributed by atoms with Crippen molar-refractivity contribution in [2.24, 2.45) is 0 Å². The molecule has 1 atom stereocenters. The van der Waals surface area contributed by atoms with Gasteiger partial charge in [-0.2, -0.15) is 0 Å². The van der Waals surface area contributed by atoms with Crippen LogP contribution in [0.4, 0.5) is 0 Å². The number of halogens is 5. The Labute approximate surface area is 147 Å². The first kappa shape index (κ1) is 18.7. The Morgan fingerprint density at radius 1 is 1.30 bits per heavy atom. The van der Waals surface area contributed by atoms with Crippen LogP contribution in [-0.2, 0) is 5.60 Å². The molecule has 0 saturated carbocycles. The van der Waals surface area contributed by atoms with Crippen LogP contribution in [0.5, 0.6) is 5.75 Å². The van der Waals surface area contributed by atoms with E-state index in [1.54, 1.807) is 18.2 Å². The minimum absolute atomic E-state index is 0.0343. The largest absolute Gasteiger partial charge is 0.489 e. The molecule has 1 aromatic rings. The number of alkyl halides is 4.